The van der Waals surface area contributed by atoms with Crippen LogP contribution in [0.5, 0.6) is 0 Å². The van der Waals surface area contributed by atoms with Gasteiger partial charge in [-0.1, -0.05) is 6.07 Å². The van der Waals surface area contributed by atoms with Crippen molar-refractivity contribution in [2.24, 2.45) is 0 Å². The summed E-state index contributed by atoms with van der Waals surface area (Å²) in [5.74, 6) is 0.386. The van der Waals surface area contributed by atoms with Crippen LogP contribution in [0.15, 0.2) is 18.3 Å². The van der Waals surface area contributed by atoms with E-state index in [0.717, 1.165) is 0 Å². The predicted octanol–water partition coefficient (Wildman–Crippen LogP) is 1.12. The second kappa shape index (κ2) is 5.57. The van der Waals surface area contributed by atoms with Gasteiger partial charge in [0.25, 0.3) is 0 Å². The van der Waals surface area contributed by atoms with E-state index in [1.54, 1.807) is 18.3 Å². The molecular formula is C10H16N2O2. The van der Waals surface area contributed by atoms with E-state index in [2.05, 4.69) is 4.98 Å². The summed E-state index contributed by atoms with van der Waals surface area (Å²) in [4.78, 5) is 3.91. The molecule has 0 aromatic carbocycles. The van der Waals surface area contributed by atoms with Gasteiger partial charge in [-0.05, 0) is 13.0 Å². The largest absolute Gasteiger partial charge is 0.388 e. The summed E-state index contributed by atoms with van der Waals surface area (Å²) in [6, 6.07) is 3.54. The van der Waals surface area contributed by atoms with Crippen LogP contribution < -0.4 is 5.73 Å². The highest BCUT2D eigenvalue weighted by Crippen LogP contribution is 2.20. The molecule has 1 aromatic heterocycles. The smallest absolute Gasteiger partial charge is 0.129 e. The average molecular weight is 196 g/mol. The van der Waals surface area contributed by atoms with Gasteiger partial charge in [0.05, 0.1) is 6.10 Å². The molecule has 0 fully saturated rings. The Kier molecular flexibility index (Phi) is 4.35. The van der Waals surface area contributed by atoms with Gasteiger partial charge in [-0.15, -0.1) is 0 Å². The summed E-state index contributed by atoms with van der Waals surface area (Å²) < 4.78 is 5.14. The van der Waals surface area contributed by atoms with Crippen molar-refractivity contribution in [3.63, 3.8) is 0 Å². The highest BCUT2D eigenvalue weighted by molar-refractivity contribution is 5.39. The highest BCUT2D eigenvalue weighted by atomic mass is 16.5. The number of hydrogen-bond donors (Lipinski definition) is 2. The summed E-state index contributed by atoms with van der Waals surface area (Å²) in [5.41, 5.74) is 6.29. The first-order chi connectivity index (χ1) is 6.75. The van der Waals surface area contributed by atoms with Crippen molar-refractivity contribution in [2.45, 2.75) is 19.4 Å². The number of aromatic nitrogens is 1. The number of hydrogen-bond acceptors (Lipinski definition) is 4. The minimum Gasteiger partial charge on any atom is -0.388 e. The molecule has 3 N–H and O–H groups in total. The molecule has 0 aliphatic heterocycles. The molecule has 0 radical (unpaired) electrons. The Labute approximate surface area is 83.7 Å². The van der Waals surface area contributed by atoms with E-state index < -0.39 is 6.10 Å². The highest BCUT2D eigenvalue weighted by Gasteiger charge is 2.10. The maximum absolute atomic E-state index is 9.73. The van der Waals surface area contributed by atoms with Gasteiger partial charge in [0.2, 0.25) is 0 Å². The molecule has 1 unspecified atom stereocenters. The normalized spacial score (nSPS) is 12.7. The van der Waals surface area contributed by atoms with Gasteiger partial charge >= 0.3 is 0 Å². The van der Waals surface area contributed by atoms with Crippen molar-refractivity contribution in [1.82, 2.24) is 4.98 Å². The van der Waals surface area contributed by atoms with E-state index in [1.807, 2.05) is 6.92 Å². The van der Waals surface area contributed by atoms with Gasteiger partial charge in [-0.2, -0.15) is 0 Å². The van der Waals surface area contributed by atoms with Crippen LogP contribution in [0.2, 0.25) is 0 Å². The second-order valence-corrected chi connectivity index (χ2v) is 2.98. The Hall–Kier alpha value is -1.13. The third-order valence-electron chi connectivity index (χ3n) is 1.97. The van der Waals surface area contributed by atoms with E-state index in [9.17, 15) is 5.11 Å². The zero-order valence-electron chi connectivity index (χ0n) is 8.31. The fraction of sp³-hybridized carbons (Fsp3) is 0.500. The summed E-state index contributed by atoms with van der Waals surface area (Å²) in [6.07, 6.45) is 1.56. The molecule has 1 atom stereocenters. The van der Waals surface area contributed by atoms with Gasteiger partial charge in [0, 0.05) is 31.4 Å². The van der Waals surface area contributed by atoms with E-state index in [1.165, 1.54) is 0 Å². The van der Waals surface area contributed by atoms with Crippen LogP contribution in [0, 0.1) is 0 Å². The first kappa shape index (κ1) is 10.9. The predicted molar refractivity (Wildman–Crippen MR) is 54.7 cm³/mol. The summed E-state index contributed by atoms with van der Waals surface area (Å²) in [5, 5.41) is 9.73. The lowest BCUT2D eigenvalue weighted by atomic mass is 10.1. The Morgan fingerprint density at radius 2 is 2.43 bits per heavy atom. The first-order valence-corrected chi connectivity index (χ1v) is 4.72. The van der Waals surface area contributed by atoms with Crippen LogP contribution in [0.3, 0.4) is 0 Å². The Balaban J connectivity index is 2.51. The minimum absolute atomic E-state index is 0.386. The van der Waals surface area contributed by atoms with Gasteiger partial charge in [0.15, 0.2) is 0 Å². The number of nitrogens with two attached hydrogens (primary N) is 1. The number of pyridine rings is 1. The molecule has 78 valence electrons. The SMILES string of the molecule is CCOCCC(O)c1cccnc1N. The number of nitrogen functional groups attached to an aromatic ring is 1. The molecule has 0 aliphatic rings. The van der Waals surface area contributed by atoms with Crippen LogP contribution in [-0.4, -0.2) is 23.3 Å². The third kappa shape index (κ3) is 2.97. The molecule has 0 saturated carbocycles. The number of nitrogens with zero attached hydrogens (tertiary/aromatic N) is 1. The molecule has 14 heavy (non-hydrogen) atoms. The number of aliphatic hydroxyl groups is 1. The quantitative estimate of drug-likeness (QED) is 0.692. The lowest BCUT2D eigenvalue weighted by Gasteiger charge is -2.11. The summed E-state index contributed by atoms with van der Waals surface area (Å²) in [6.45, 7) is 3.12. The van der Waals surface area contributed by atoms with Crippen LogP contribution >= 0.6 is 0 Å². The van der Waals surface area contributed by atoms with Crippen LogP contribution in [-0.2, 0) is 4.74 Å². The van der Waals surface area contributed by atoms with E-state index in [0.29, 0.717) is 31.0 Å². The van der Waals surface area contributed by atoms with Crippen molar-refractivity contribution < 1.29 is 9.84 Å². The van der Waals surface area contributed by atoms with Crippen molar-refractivity contribution in [1.29, 1.82) is 0 Å². The van der Waals surface area contributed by atoms with Crippen LogP contribution in [0.4, 0.5) is 5.82 Å². The maximum Gasteiger partial charge on any atom is 0.129 e. The number of aliphatic hydroxyl groups excluding tert-OH is 1. The monoisotopic (exact) mass is 196 g/mol. The number of rotatable bonds is 5. The van der Waals surface area contributed by atoms with Gasteiger partial charge in [-0.3, -0.25) is 0 Å². The standard InChI is InChI=1S/C10H16N2O2/c1-2-14-7-5-9(13)8-4-3-6-12-10(8)11/h3-4,6,9,13H,2,5,7H2,1H3,(H2,11,12). The minimum atomic E-state index is -0.588. The van der Waals surface area contributed by atoms with Crippen molar-refractivity contribution in [3.05, 3.63) is 23.9 Å². The molecule has 0 saturated heterocycles. The van der Waals surface area contributed by atoms with E-state index in [4.69, 9.17) is 10.5 Å². The third-order valence-corrected chi connectivity index (χ3v) is 1.97. The topological polar surface area (TPSA) is 68.4 Å². The Bertz CT molecular complexity index is 279. The molecule has 4 nitrogen and oxygen atoms in total. The van der Waals surface area contributed by atoms with Gasteiger partial charge < -0.3 is 15.6 Å². The summed E-state index contributed by atoms with van der Waals surface area (Å²) in [7, 11) is 0. The molecular weight excluding hydrogens is 180 g/mol. The summed E-state index contributed by atoms with van der Waals surface area (Å²) >= 11 is 0. The Morgan fingerprint density at radius 3 is 3.07 bits per heavy atom. The fourth-order valence-corrected chi connectivity index (χ4v) is 1.21. The van der Waals surface area contributed by atoms with Crippen molar-refractivity contribution in [2.75, 3.05) is 18.9 Å². The molecule has 4 heteroatoms. The van der Waals surface area contributed by atoms with Crippen LogP contribution in [0.25, 0.3) is 0 Å². The van der Waals surface area contributed by atoms with Gasteiger partial charge in [0.1, 0.15) is 5.82 Å². The van der Waals surface area contributed by atoms with Crippen molar-refractivity contribution >= 4 is 5.82 Å². The number of anilines is 1. The first-order valence-electron chi connectivity index (χ1n) is 4.72. The molecule has 0 aliphatic carbocycles. The maximum atomic E-state index is 9.73. The zero-order chi connectivity index (χ0) is 10.4. The van der Waals surface area contributed by atoms with Crippen molar-refractivity contribution in [3.8, 4) is 0 Å². The van der Waals surface area contributed by atoms with E-state index >= 15 is 0 Å². The molecule has 0 amide bonds. The molecule has 0 spiro atoms. The van der Waals surface area contributed by atoms with Crippen LogP contribution in [0.1, 0.15) is 25.0 Å². The number of ether oxygens (including phenoxy) is 1. The van der Waals surface area contributed by atoms with E-state index in [-0.39, 0.29) is 0 Å². The molecule has 1 heterocycles. The molecule has 1 aromatic rings. The average Bonchev–Trinajstić information content (AvgIpc) is 2.18. The fourth-order valence-electron chi connectivity index (χ4n) is 1.21. The Morgan fingerprint density at radius 1 is 1.64 bits per heavy atom. The van der Waals surface area contributed by atoms with Gasteiger partial charge in [-0.25, -0.2) is 4.98 Å². The molecule has 1 rings (SSSR count). The lowest BCUT2D eigenvalue weighted by molar-refractivity contribution is 0.0888. The second-order valence-electron chi connectivity index (χ2n) is 2.98. The zero-order valence-corrected chi connectivity index (χ0v) is 8.31. The lowest BCUT2D eigenvalue weighted by Crippen LogP contribution is -2.06. The molecule has 0 bridgehead atoms.